The monoisotopic (exact) mass is 196 g/mol. The molecule has 0 aromatic rings. The summed E-state index contributed by atoms with van der Waals surface area (Å²) in [6, 6.07) is 2.11. The average Bonchev–Trinajstić information content (AvgIpc) is 2.99. The molecule has 78 valence electrons. The summed E-state index contributed by atoms with van der Waals surface area (Å²) in [4.78, 5) is 13.5. The van der Waals surface area contributed by atoms with Crippen LogP contribution in [0, 0.1) is 16.7 Å². The highest BCUT2D eigenvalue weighted by molar-refractivity contribution is 5.88. The van der Waals surface area contributed by atoms with Gasteiger partial charge in [-0.05, 0) is 19.8 Å². The Bertz CT molecular complexity index is 253. The van der Waals surface area contributed by atoms with Gasteiger partial charge in [0.15, 0.2) is 0 Å². The quantitative estimate of drug-likeness (QED) is 0.653. The van der Waals surface area contributed by atoms with Gasteiger partial charge in [0.1, 0.15) is 5.41 Å². The Kier molecular flexibility index (Phi) is 3.48. The number of methoxy groups -OCH3 is 1. The van der Waals surface area contributed by atoms with E-state index in [4.69, 9.17) is 10.00 Å². The molecule has 4 heteroatoms. The van der Waals surface area contributed by atoms with Gasteiger partial charge in [0.05, 0.1) is 12.7 Å². The van der Waals surface area contributed by atoms with Gasteiger partial charge in [-0.2, -0.15) is 5.26 Å². The van der Waals surface area contributed by atoms with Crippen molar-refractivity contribution in [3.05, 3.63) is 0 Å². The van der Waals surface area contributed by atoms with Crippen molar-refractivity contribution in [2.45, 2.75) is 19.8 Å². The fraction of sp³-hybridized carbons (Fsp3) is 0.800. The summed E-state index contributed by atoms with van der Waals surface area (Å²) >= 11 is 0. The predicted octanol–water partition coefficient (Wildman–Crippen LogP) is 0.785. The van der Waals surface area contributed by atoms with E-state index in [0.717, 1.165) is 0 Å². The Labute approximate surface area is 84.4 Å². The summed E-state index contributed by atoms with van der Waals surface area (Å²) in [6.07, 6.45) is 1.43. The van der Waals surface area contributed by atoms with Crippen molar-refractivity contribution in [2.24, 2.45) is 5.41 Å². The largest absolute Gasteiger partial charge is 0.383 e. The van der Waals surface area contributed by atoms with Crippen LogP contribution in [0.25, 0.3) is 0 Å². The third kappa shape index (κ3) is 2.05. The van der Waals surface area contributed by atoms with Gasteiger partial charge in [0, 0.05) is 20.2 Å². The number of nitriles is 1. The summed E-state index contributed by atoms with van der Waals surface area (Å²) in [5.41, 5.74) is -0.691. The van der Waals surface area contributed by atoms with Crippen LogP contribution >= 0.6 is 0 Å². The lowest BCUT2D eigenvalue weighted by molar-refractivity contribution is -0.135. The van der Waals surface area contributed by atoms with Crippen molar-refractivity contribution in [3.8, 4) is 6.07 Å². The van der Waals surface area contributed by atoms with Crippen LogP contribution in [0.5, 0.6) is 0 Å². The number of ether oxygens (including phenoxy) is 1. The minimum Gasteiger partial charge on any atom is -0.383 e. The lowest BCUT2D eigenvalue weighted by atomic mass is 10.1. The number of carbonyl (C=O) groups is 1. The summed E-state index contributed by atoms with van der Waals surface area (Å²) in [5, 5.41) is 8.87. The molecule has 1 aliphatic carbocycles. The Morgan fingerprint density at radius 1 is 1.64 bits per heavy atom. The summed E-state index contributed by atoms with van der Waals surface area (Å²) < 4.78 is 4.91. The van der Waals surface area contributed by atoms with Crippen LogP contribution in [-0.2, 0) is 9.53 Å². The molecule has 1 rings (SSSR count). The molecule has 0 unspecified atom stereocenters. The number of amides is 1. The van der Waals surface area contributed by atoms with Crippen LogP contribution in [0.1, 0.15) is 19.8 Å². The fourth-order valence-electron chi connectivity index (χ4n) is 1.41. The van der Waals surface area contributed by atoms with E-state index in [1.165, 1.54) is 0 Å². The van der Waals surface area contributed by atoms with Crippen molar-refractivity contribution in [3.63, 3.8) is 0 Å². The van der Waals surface area contributed by atoms with Crippen LogP contribution in [0.4, 0.5) is 0 Å². The number of likely N-dealkylation sites (N-methyl/N-ethyl adjacent to an activating group) is 1. The molecule has 0 spiro atoms. The molecule has 0 atom stereocenters. The fourth-order valence-corrected chi connectivity index (χ4v) is 1.41. The van der Waals surface area contributed by atoms with E-state index in [1.54, 1.807) is 12.0 Å². The molecule has 0 bridgehead atoms. The first-order chi connectivity index (χ1) is 6.70. The molecule has 4 nitrogen and oxygen atoms in total. The SMILES string of the molecule is CCN(CCOC)C(=O)C1(C#N)CC1. The molecule has 0 aromatic carbocycles. The lowest BCUT2D eigenvalue weighted by Crippen LogP contribution is -2.38. The van der Waals surface area contributed by atoms with Gasteiger partial charge in [-0.15, -0.1) is 0 Å². The molecule has 1 fully saturated rings. The number of rotatable bonds is 5. The van der Waals surface area contributed by atoms with Crippen molar-refractivity contribution in [2.75, 3.05) is 26.8 Å². The van der Waals surface area contributed by atoms with Gasteiger partial charge in [-0.3, -0.25) is 4.79 Å². The molecule has 0 aromatic heterocycles. The van der Waals surface area contributed by atoms with Crippen LogP contribution < -0.4 is 0 Å². The minimum atomic E-state index is -0.691. The number of hydrogen-bond acceptors (Lipinski definition) is 3. The molecule has 1 amide bonds. The number of nitrogens with zero attached hydrogens (tertiary/aromatic N) is 2. The summed E-state index contributed by atoms with van der Waals surface area (Å²) in [6.45, 7) is 3.67. The molecule has 0 aliphatic heterocycles. The maximum atomic E-state index is 11.8. The maximum Gasteiger partial charge on any atom is 0.243 e. The van der Waals surface area contributed by atoms with E-state index in [0.29, 0.717) is 32.5 Å². The molecule has 14 heavy (non-hydrogen) atoms. The molecule has 0 N–H and O–H groups in total. The zero-order valence-electron chi connectivity index (χ0n) is 8.75. The Morgan fingerprint density at radius 2 is 2.29 bits per heavy atom. The molecule has 0 saturated heterocycles. The predicted molar refractivity (Wildman–Crippen MR) is 51.4 cm³/mol. The van der Waals surface area contributed by atoms with E-state index in [9.17, 15) is 4.79 Å². The molecule has 0 heterocycles. The van der Waals surface area contributed by atoms with Gasteiger partial charge < -0.3 is 9.64 Å². The van der Waals surface area contributed by atoms with Gasteiger partial charge in [-0.25, -0.2) is 0 Å². The van der Waals surface area contributed by atoms with E-state index >= 15 is 0 Å². The molecular weight excluding hydrogens is 180 g/mol. The van der Waals surface area contributed by atoms with E-state index in [-0.39, 0.29) is 5.91 Å². The number of hydrogen-bond donors (Lipinski definition) is 0. The van der Waals surface area contributed by atoms with Crippen LogP contribution in [0.15, 0.2) is 0 Å². The zero-order chi connectivity index (χ0) is 10.6. The summed E-state index contributed by atoms with van der Waals surface area (Å²) in [7, 11) is 1.61. The second-order valence-corrected chi connectivity index (χ2v) is 3.57. The molecule has 1 aliphatic rings. The smallest absolute Gasteiger partial charge is 0.243 e. The third-order valence-electron chi connectivity index (χ3n) is 2.61. The maximum absolute atomic E-state index is 11.8. The highest BCUT2D eigenvalue weighted by Gasteiger charge is 2.52. The zero-order valence-corrected chi connectivity index (χ0v) is 8.75. The normalized spacial score (nSPS) is 17.2. The first-order valence-corrected chi connectivity index (χ1v) is 4.89. The number of carbonyl (C=O) groups excluding carboxylic acids is 1. The second-order valence-electron chi connectivity index (χ2n) is 3.57. The standard InChI is InChI=1S/C10H16N2O2/c1-3-12(6-7-14-2)9(13)10(8-11)4-5-10/h3-7H2,1-2H3. The van der Waals surface area contributed by atoms with Crippen LogP contribution in [-0.4, -0.2) is 37.6 Å². The van der Waals surface area contributed by atoms with E-state index in [2.05, 4.69) is 6.07 Å². The van der Waals surface area contributed by atoms with E-state index < -0.39 is 5.41 Å². The first-order valence-electron chi connectivity index (χ1n) is 4.89. The van der Waals surface area contributed by atoms with E-state index in [1.807, 2.05) is 6.92 Å². The van der Waals surface area contributed by atoms with Crippen molar-refractivity contribution < 1.29 is 9.53 Å². The van der Waals surface area contributed by atoms with Crippen molar-refractivity contribution >= 4 is 5.91 Å². The average molecular weight is 196 g/mol. The molecular formula is C10H16N2O2. The Morgan fingerprint density at radius 3 is 2.64 bits per heavy atom. The Balaban J connectivity index is 2.53. The second kappa shape index (κ2) is 4.43. The molecule has 0 radical (unpaired) electrons. The topological polar surface area (TPSA) is 53.3 Å². The van der Waals surface area contributed by atoms with Gasteiger partial charge >= 0.3 is 0 Å². The molecule has 1 saturated carbocycles. The van der Waals surface area contributed by atoms with Gasteiger partial charge in [0.25, 0.3) is 0 Å². The van der Waals surface area contributed by atoms with Gasteiger partial charge in [-0.1, -0.05) is 0 Å². The highest BCUT2D eigenvalue weighted by Crippen LogP contribution is 2.46. The Hall–Kier alpha value is -1.08. The first kappa shape index (κ1) is 11.0. The van der Waals surface area contributed by atoms with Crippen LogP contribution in [0.2, 0.25) is 0 Å². The lowest BCUT2D eigenvalue weighted by Gasteiger charge is -2.22. The minimum absolute atomic E-state index is 0.0282. The van der Waals surface area contributed by atoms with Crippen molar-refractivity contribution in [1.82, 2.24) is 4.90 Å². The van der Waals surface area contributed by atoms with Gasteiger partial charge in [0.2, 0.25) is 5.91 Å². The van der Waals surface area contributed by atoms with Crippen LogP contribution in [0.3, 0.4) is 0 Å². The highest BCUT2D eigenvalue weighted by atomic mass is 16.5. The summed E-state index contributed by atoms with van der Waals surface area (Å²) in [5.74, 6) is -0.0282. The third-order valence-corrected chi connectivity index (χ3v) is 2.61. The van der Waals surface area contributed by atoms with Crippen molar-refractivity contribution in [1.29, 1.82) is 5.26 Å².